The molecule has 1 unspecified atom stereocenters. The number of carbonyl (C=O) groups excluding carboxylic acids is 1. The first-order valence-electron chi connectivity index (χ1n) is 10.8. The molecule has 2 saturated heterocycles. The highest BCUT2D eigenvalue weighted by Gasteiger charge is 2.34. The number of furan rings is 1. The lowest BCUT2D eigenvalue weighted by Crippen LogP contribution is -2.52. The predicted molar refractivity (Wildman–Crippen MR) is 123 cm³/mol. The molecule has 0 aliphatic carbocycles. The Hall–Kier alpha value is -2.47. The fraction of sp³-hybridized carbons (Fsp3) is 0.409. The summed E-state index contributed by atoms with van der Waals surface area (Å²) < 4.78 is 55.8. The monoisotopic (exact) mass is 493 g/mol. The van der Waals surface area contributed by atoms with Crippen LogP contribution in [0.3, 0.4) is 0 Å². The lowest BCUT2D eigenvalue weighted by molar-refractivity contribution is -0.127. The molecule has 33 heavy (non-hydrogen) atoms. The Balaban J connectivity index is 1.28. The number of benzene rings is 1. The van der Waals surface area contributed by atoms with E-state index in [2.05, 4.69) is 9.62 Å². The maximum atomic E-state index is 12.5. The van der Waals surface area contributed by atoms with E-state index in [1.807, 2.05) is 0 Å². The van der Waals surface area contributed by atoms with Gasteiger partial charge in [0.15, 0.2) is 9.84 Å². The number of hydrogen-bond donors (Lipinski definition) is 1. The summed E-state index contributed by atoms with van der Waals surface area (Å²) in [5.74, 6) is 0.862. The largest absolute Gasteiger partial charge is 0.468 e. The zero-order valence-corrected chi connectivity index (χ0v) is 19.7. The number of amides is 1. The van der Waals surface area contributed by atoms with Crippen molar-refractivity contribution >= 4 is 31.8 Å². The Morgan fingerprint density at radius 1 is 1.12 bits per heavy atom. The number of carbonyl (C=O) groups is 1. The third kappa shape index (κ3) is 6.11. The van der Waals surface area contributed by atoms with Gasteiger partial charge in [-0.2, -0.15) is 0 Å². The van der Waals surface area contributed by atoms with E-state index in [0.29, 0.717) is 43.9 Å². The van der Waals surface area contributed by atoms with Gasteiger partial charge in [-0.05, 0) is 42.3 Å². The third-order valence-electron chi connectivity index (χ3n) is 5.98. The summed E-state index contributed by atoms with van der Waals surface area (Å²) >= 11 is 0. The molecule has 11 heteroatoms. The summed E-state index contributed by atoms with van der Waals surface area (Å²) in [5, 5.41) is 0. The van der Waals surface area contributed by atoms with Gasteiger partial charge in [0.25, 0.3) is 0 Å². The molecule has 0 spiro atoms. The summed E-state index contributed by atoms with van der Waals surface area (Å²) in [7, 11) is -6.59. The second-order valence-electron chi connectivity index (χ2n) is 8.22. The number of rotatable bonds is 7. The minimum absolute atomic E-state index is 0.0613. The molecular weight excluding hydrogens is 466 g/mol. The molecule has 0 radical (unpaired) electrons. The van der Waals surface area contributed by atoms with Gasteiger partial charge in [-0.15, -0.1) is 0 Å². The van der Waals surface area contributed by atoms with Crippen molar-refractivity contribution in [3.05, 3.63) is 60.1 Å². The second-order valence-corrected chi connectivity index (χ2v) is 12.2. The number of sulfone groups is 1. The normalized spacial score (nSPS) is 21.6. The molecule has 1 N–H and O–H groups in total. The first kappa shape index (κ1) is 23.7. The van der Waals surface area contributed by atoms with Gasteiger partial charge in [-0.1, -0.05) is 12.1 Å². The van der Waals surface area contributed by atoms with Crippen LogP contribution in [-0.2, 0) is 31.2 Å². The minimum atomic E-state index is -3.67. The van der Waals surface area contributed by atoms with E-state index in [0.717, 1.165) is 0 Å². The van der Waals surface area contributed by atoms with Crippen molar-refractivity contribution in [3.63, 3.8) is 0 Å². The summed E-state index contributed by atoms with van der Waals surface area (Å²) in [5.41, 5.74) is 0.711. The van der Waals surface area contributed by atoms with Crippen LogP contribution < -0.4 is 4.72 Å². The summed E-state index contributed by atoms with van der Waals surface area (Å²) in [6.07, 6.45) is 5.29. The molecule has 1 atom stereocenters. The average Bonchev–Trinajstić information content (AvgIpc) is 3.46. The molecule has 2 aliphatic rings. The van der Waals surface area contributed by atoms with Gasteiger partial charge in [0, 0.05) is 38.3 Å². The average molecular weight is 494 g/mol. The highest BCUT2D eigenvalue weighted by Crippen LogP contribution is 2.19. The van der Waals surface area contributed by atoms with Gasteiger partial charge in [0.05, 0.1) is 29.2 Å². The number of piperazine rings is 1. The standard InChI is InChI=1S/C22H27N3O6S2/c26-22(25-12-10-24(11-13-25)19-9-15-32(27,28)17-19)8-5-18-3-6-21(7-4-18)33(29,30)23-16-20-2-1-14-31-20/h1-8,14,19,23H,9-13,15-17H2/b8-5+. The smallest absolute Gasteiger partial charge is 0.246 e. The Bertz CT molecular complexity index is 1200. The van der Waals surface area contributed by atoms with Crippen LogP contribution in [-0.4, -0.2) is 76.3 Å². The van der Waals surface area contributed by atoms with Crippen LogP contribution in [0.25, 0.3) is 6.08 Å². The molecule has 9 nitrogen and oxygen atoms in total. The quantitative estimate of drug-likeness (QED) is 0.574. The lowest BCUT2D eigenvalue weighted by atomic mass is 10.2. The molecule has 2 fully saturated rings. The fourth-order valence-corrected chi connectivity index (χ4v) is 6.82. The van der Waals surface area contributed by atoms with E-state index in [-0.39, 0.29) is 34.9 Å². The highest BCUT2D eigenvalue weighted by atomic mass is 32.2. The number of nitrogens with one attached hydrogen (secondary N) is 1. The molecule has 0 saturated carbocycles. The molecule has 3 heterocycles. The van der Waals surface area contributed by atoms with Crippen LogP contribution in [0.4, 0.5) is 0 Å². The molecule has 0 bridgehead atoms. The van der Waals surface area contributed by atoms with Crippen molar-refractivity contribution < 1.29 is 26.0 Å². The lowest BCUT2D eigenvalue weighted by Gasteiger charge is -2.37. The van der Waals surface area contributed by atoms with E-state index >= 15 is 0 Å². The van der Waals surface area contributed by atoms with Gasteiger partial charge in [0.2, 0.25) is 15.9 Å². The first-order chi connectivity index (χ1) is 15.7. The van der Waals surface area contributed by atoms with Crippen LogP contribution in [0, 0.1) is 0 Å². The molecule has 2 aromatic rings. The Labute approximate surface area is 194 Å². The molecule has 1 amide bonds. The second kappa shape index (κ2) is 9.80. The Kier molecular flexibility index (Phi) is 7.03. The van der Waals surface area contributed by atoms with Crippen LogP contribution >= 0.6 is 0 Å². The van der Waals surface area contributed by atoms with Crippen molar-refractivity contribution in [3.8, 4) is 0 Å². The number of sulfonamides is 1. The highest BCUT2D eigenvalue weighted by molar-refractivity contribution is 7.91. The maximum Gasteiger partial charge on any atom is 0.246 e. The molecule has 4 rings (SSSR count). The molecule has 1 aromatic carbocycles. The van der Waals surface area contributed by atoms with E-state index < -0.39 is 19.9 Å². The number of nitrogens with zero attached hydrogens (tertiary/aromatic N) is 2. The van der Waals surface area contributed by atoms with Gasteiger partial charge in [0.1, 0.15) is 5.76 Å². The van der Waals surface area contributed by atoms with Crippen molar-refractivity contribution in [2.45, 2.75) is 23.9 Å². The molecule has 1 aromatic heterocycles. The van der Waals surface area contributed by atoms with Gasteiger partial charge in [-0.25, -0.2) is 21.6 Å². The van der Waals surface area contributed by atoms with Gasteiger partial charge < -0.3 is 9.32 Å². The van der Waals surface area contributed by atoms with Crippen molar-refractivity contribution in [2.24, 2.45) is 0 Å². The topological polar surface area (TPSA) is 117 Å². The fourth-order valence-electron chi connectivity index (χ4n) is 4.06. The molecule has 178 valence electrons. The van der Waals surface area contributed by atoms with E-state index in [1.54, 1.807) is 35.2 Å². The van der Waals surface area contributed by atoms with Crippen LogP contribution in [0.5, 0.6) is 0 Å². The summed E-state index contributed by atoms with van der Waals surface area (Å²) in [6, 6.07) is 9.70. The Morgan fingerprint density at radius 3 is 2.45 bits per heavy atom. The van der Waals surface area contributed by atoms with Crippen molar-refractivity contribution in [1.29, 1.82) is 0 Å². The predicted octanol–water partition coefficient (Wildman–Crippen LogP) is 1.10. The van der Waals surface area contributed by atoms with Crippen LogP contribution in [0.15, 0.2) is 58.1 Å². The van der Waals surface area contributed by atoms with E-state index in [4.69, 9.17) is 4.42 Å². The zero-order chi connectivity index (χ0) is 23.5. The Morgan fingerprint density at radius 2 is 1.85 bits per heavy atom. The van der Waals surface area contributed by atoms with E-state index in [1.165, 1.54) is 24.5 Å². The minimum Gasteiger partial charge on any atom is -0.468 e. The molecular formula is C22H27N3O6S2. The van der Waals surface area contributed by atoms with E-state index in [9.17, 15) is 21.6 Å². The van der Waals surface area contributed by atoms with Gasteiger partial charge >= 0.3 is 0 Å². The molecule has 2 aliphatic heterocycles. The SMILES string of the molecule is O=C(/C=C/c1ccc(S(=O)(=O)NCc2ccco2)cc1)N1CCN(C2CCS(=O)(=O)C2)CC1. The van der Waals surface area contributed by atoms with Crippen LogP contribution in [0.2, 0.25) is 0 Å². The van der Waals surface area contributed by atoms with Crippen LogP contribution in [0.1, 0.15) is 17.7 Å². The zero-order valence-electron chi connectivity index (χ0n) is 18.1. The van der Waals surface area contributed by atoms with Crippen molar-refractivity contribution in [2.75, 3.05) is 37.7 Å². The number of hydrogen-bond acceptors (Lipinski definition) is 7. The van der Waals surface area contributed by atoms with Gasteiger partial charge in [-0.3, -0.25) is 9.69 Å². The summed E-state index contributed by atoms with van der Waals surface area (Å²) in [6.45, 7) is 2.50. The van der Waals surface area contributed by atoms with Crippen molar-refractivity contribution in [1.82, 2.24) is 14.5 Å². The summed E-state index contributed by atoms with van der Waals surface area (Å²) in [4.78, 5) is 16.6. The maximum absolute atomic E-state index is 12.5. The third-order valence-corrected chi connectivity index (χ3v) is 9.14. The first-order valence-corrected chi connectivity index (χ1v) is 14.1.